The van der Waals surface area contributed by atoms with E-state index in [4.69, 9.17) is 4.74 Å². The molecule has 0 aromatic carbocycles. The minimum absolute atomic E-state index is 0.759. The minimum Gasteiger partial charge on any atom is -0.381 e. The molecule has 0 amide bonds. The molecule has 0 radical (unpaired) electrons. The van der Waals surface area contributed by atoms with Gasteiger partial charge in [-0.15, -0.1) is 0 Å². The Labute approximate surface area is 113 Å². The topological polar surface area (TPSA) is 21.3 Å². The van der Waals surface area contributed by atoms with Gasteiger partial charge in [-0.3, -0.25) is 0 Å². The molecule has 106 valence electrons. The fraction of sp³-hybridized carbons (Fsp3) is 1.00. The third-order valence-corrected chi connectivity index (χ3v) is 4.74. The molecule has 2 rings (SSSR count). The van der Waals surface area contributed by atoms with E-state index in [0.29, 0.717) is 0 Å². The molecule has 0 aromatic rings. The largest absolute Gasteiger partial charge is 0.381 e. The smallest absolute Gasteiger partial charge is 0.0495 e. The van der Waals surface area contributed by atoms with Crippen molar-refractivity contribution in [3.63, 3.8) is 0 Å². The first kappa shape index (κ1) is 14.3. The van der Waals surface area contributed by atoms with Crippen LogP contribution in [0.3, 0.4) is 0 Å². The van der Waals surface area contributed by atoms with E-state index in [1.165, 1.54) is 64.3 Å². The quantitative estimate of drug-likeness (QED) is 0.728. The molecule has 2 nitrogen and oxygen atoms in total. The third-order valence-electron chi connectivity index (χ3n) is 4.74. The monoisotopic (exact) mass is 253 g/mol. The number of nitrogens with one attached hydrogen (secondary N) is 1. The average molecular weight is 253 g/mol. The normalized spacial score (nSPS) is 28.2. The van der Waals surface area contributed by atoms with Crippen molar-refractivity contribution in [1.82, 2.24) is 5.32 Å². The van der Waals surface area contributed by atoms with Crippen molar-refractivity contribution in [1.29, 1.82) is 0 Å². The summed E-state index contributed by atoms with van der Waals surface area (Å²) >= 11 is 0. The Bertz CT molecular complexity index is 205. The Morgan fingerprint density at radius 1 is 1.11 bits per heavy atom. The van der Waals surface area contributed by atoms with E-state index < -0.39 is 0 Å². The fourth-order valence-corrected chi connectivity index (χ4v) is 3.61. The third kappa shape index (κ3) is 4.55. The molecular formula is C16H31NO. The summed E-state index contributed by atoms with van der Waals surface area (Å²) in [6.45, 7) is 5.47. The molecule has 2 aliphatic rings. The van der Waals surface area contributed by atoms with E-state index in [2.05, 4.69) is 12.2 Å². The second kappa shape index (κ2) is 8.16. The predicted molar refractivity (Wildman–Crippen MR) is 76.8 cm³/mol. The highest BCUT2D eigenvalue weighted by Crippen LogP contribution is 2.30. The van der Waals surface area contributed by atoms with E-state index in [9.17, 15) is 0 Å². The Morgan fingerprint density at radius 3 is 2.50 bits per heavy atom. The van der Waals surface area contributed by atoms with Crippen LogP contribution in [0.15, 0.2) is 0 Å². The maximum Gasteiger partial charge on any atom is 0.0495 e. The molecule has 0 bridgehead atoms. The lowest BCUT2D eigenvalue weighted by molar-refractivity contribution is 0.175. The van der Waals surface area contributed by atoms with Gasteiger partial charge in [-0.25, -0.2) is 0 Å². The van der Waals surface area contributed by atoms with Crippen LogP contribution in [0, 0.1) is 11.8 Å². The van der Waals surface area contributed by atoms with Crippen LogP contribution in [-0.2, 0) is 4.74 Å². The zero-order valence-corrected chi connectivity index (χ0v) is 12.1. The number of hydrogen-bond acceptors (Lipinski definition) is 2. The minimum atomic E-state index is 0.759. The van der Waals surface area contributed by atoms with Gasteiger partial charge in [0.2, 0.25) is 0 Å². The first-order valence-electron chi connectivity index (χ1n) is 8.21. The van der Waals surface area contributed by atoms with Crippen LogP contribution in [-0.4, -0.2) is 25.8 Å². The summed E-state index contributed by atoms with van der Waals surface area (Å²) in [6, 6.07) is 0.759. The maximum absolute atomic E-state index is 5.55. The maximum atomic E-state index is 5.55. The SMILES string of the molecule is CCCNC(CC1CCOC1)C1CCCCCC1. The molecule has 2 atom stereocenters. The van der Waals surface area contributed by atoms with Crippen LogP contribution in [0.1, 0.15) is 64.7 Å². The zero-order valence-electron chi connectivity index (χ0n) is 12.1. The van der Waals surface area contributed by atoms with Crippen molar-refractivity contribution >= 4 is 0 Å². The molecule has 1 saturated heterocycles. The van der Waals surface area contributed by atoms with Crippen molar-refractivity contribution in [2.24, 2.45) is 11.8 Å². The van der Waals surface area contributed by atoms with Gasteiger partial charge in [-0.2, -0.15) is 0 Å². The Morgan fingerprint density at radius 2 is 1.89 bits per heavy atom. The summed E-state index contributed by atoms with van der Waals surface area (Å²) < 4.78 is 5.55. The highest BCUT2D eigenvalue weighted by molar-refractivity contribution is 4.82. The summed E-state index contributed by atoms with van der Waals surface area (Å²) in [5, 5.41) is 3.84. The molecule has 2 fully saturated rings. The molecule has 2 heteroatoms. The standard InChI is InChI=1S/C16H31NO/c1-2-10-17-16(12-14-9-11-18-13-14)15-7-5-3-4-6-8-15/h14-17H,2-13H2,1H3. The van der Waals surface area contributed by atoms with Crippen LogP contribution in [0.4, 0.5) is 0 Å². The molecule has 1 aliphatic heterocycles. The highest BCUT2D eigenvalue weighted by Gasteiger charge is 2.26. The van der Waals surface area contributed by atoms with Gasteiger partial charge in [0.1, 0.15) is 0 Å². The summed E-state index contributed by atoms with van der Waals surface area (Å²) in [5.74, 6) is 1.75. The number of ether oxygens (including phenoxy) is 1. The molecule has 2 unspecified atom stereocenters. The van der Waals surface area contributed by atoms with Gasteiger partial charge >= 0.3 is 0 Å². The van der Waals surface area contributed by atoms with Crippen molar-refractivity contribution < 1.29 is 4.74 Å². The van der Waals surface area contributed by atoms with Gasteiger partial charge in [-0.1, -0.05) is 32.6 Å². The lowest BCUT2D eigenvalue weighted by atomic mass is 9.85. The van der Waals surface area contributed by atoms with Crippen LogP contribution in [0.5, 0.6) is 0 Å². The van der Waals surface area contributed by atoms with E-state index in [0.717, 1.165) is 31.1 Å². The van der Waals surface area contributed by atoms with Gasteiger partial charge in [0.25, 0.3) is 0 Å². The number of rotatable bonds is 6. The summed E-state index contributed by atoms with van der Waals surface area (Å²) in [5.41, 5.74) is 0. The van der Waals surface area contributed by atoms with Crippen molar-refractivity contribution in [2.45, 2.75) is 70.8 Å². The summed E-state index contributed by atoms with van der Waals surface area (Å²) in [4.78, 5) is 0. The van der Waals surface area contributed by atoms with E-state index in [-0.39, 0.29) is 0 Å². The Kier molecular flexibility index (Phi) is 6.50. The van der Waals surface area contributed by atoms with Crippen LogP contribution >= 0.6 is 0 Å². The second-order valence-electron chi connectivity index (χ2n) is 6.28. The predicted octanol–water partition coefficient (Wildman–Crippen LogP) is 3.75. The molecule has 1 aliphatic carbocycles. The van der Waals surface area contributed by atoms with E-state index in [1.54, 1.807) is 0 Å². The van der Waals surface area contributed by atoms with Gasteiger partial charge in [0.05, 0.1) is 0 Å². The molecule has 18 heavy (non-hydrogen) atoms. The first-order valence-corrected chi connectivity index (χ1v) is 8.21. The lowest BCUT2D eigenvalue weighted by Crippen LogP contribution is -2.38. The Hall–Kier alpha value is -0.0800. The molecule has 0 aromatic heterocycles. The average Bonchev–Trinajstić information content (AvgIpc) is 2.74. The Balaban J connectivity index is 1.84. The van der Waals surface area contributed by atoms with Gasteiger partial charge in [-0.05, 0) is 50.5 Å². The second-order valence-corrected chi connectivity index (χ2v) is 6.28. The van der Waals surface area contributed by atoms with Crippen molar-refractivity contribution in [2.75, 3.05) is 19.8 Å². The number of hydrogen-bond donors (Lipinski definition) is 1. The van der Waals surface area contributed by atoms with Gasteiger partial charge in [0.15, 0.2) is 0 Å². The fourth-order valence-electron chi connectivity index (χ4n) is 3.61. The van der Waals surface area contributed by atoms with Gasteiger partial charge < -0.3 is 10.1 Å². The van der Waals surface area contributed by atoms with E-state index >= 15 is 0 Å². The summed E-state index contributed by atoms with van der Waals surface area (Å²) in [7, 11) is 0. The molecule has 1 saturated carbocycles. The molecule has 1 heterocycles. The molecule has 0 spiro atoms. The van der Waals surface area contributed by atoms with Crippen LogP contribution < -0.4 is 5.32 Å². The lowest BCUT2D eigenvalue weighted by Gasteiger charge is -2.29. The van der Waals surface area contributed by atoms with Crippen molar-refractivity contribution in [3.05, 3.63) is 0 Å². The van der Waals surface area contributed by atoms with Crippen LogP contribution in [0.25, 0.3) is 0 Å². The van der Waals surface area contributed by atoms with E-state index in [1.807, 2.05) is 0 Å². The summed E-state index contributed by atoms with van der Waals surface area (Å²) in [6.07, 6.45) is 12.6. The first-order chi connectivity index (χ1) is 8.90. The van der Waals surface area contributed by atoms with Gasteiger partial charge in [0, 0.05) is 19.3 Å². The van der Waals surface area contributed by atoms with Crippen LogP contribution in [0.2, 0.25) is 0 Å². The van der Waals surface area contributed by atoms with Crippen molar-refractivity contribution in [3.8, 4) is 0 Å². The molecular weight excluding hydrogens is 222 g/mol. The highest BCUT2D eigenvalue weighted by atomic mass is 16.5. The molecule has 1 N–H and O–H groups in total. The zero-order chi connectivity index (χ0) is 12.6.